The molecule has 148 valence electrons. The maximum Gasteiger partial charge on any atom is 0.414 e. The molecule has 29 heavy (non-hydrogen) atoms. The molecule has 0 fully saturated rings. The number of rotatable bonds is 5. The number of nitrogens with two attached hydrogens (primary N) is 1. The van der Waals surface area contributed by atoms with Crippen molar-refractivity contribution in [3.63, 3.8) is 0 Å². The van der Waals surface area contributed by atoms with Crippen LogP contribution in [0.5, 0.6) is 0 Å². The second-order valence-corrected chi connectivity index (χ2v) is 6.15. The van der Waals surface area contributed by atoms with Crippen LogP contribution in [0.4, 0.5) is 26.2 Å². The molecule has 0 aliphatic rings. The number of nitrogens with zero attached hydrogens (tertiary/aromatic N) is 2. The Kier molecular flexibility index (Phi) is 6.03. The van der Waals surface area contributed by atoms with Gasteiger partial charge in [0.25, 0.3) is 5.91 Å². The second kappa shape index (κ2) is 8.83. The van der Waals surface area contributed by atoms with Crippen molar-refractivity contribution in [1.82, 2.24) is 4.98 Å². The number of benzene rings is 2. The first-order valence-corrected chi connectivity index (χ1v) is 8.69. The normalized spacial score (nSPS) is 10.3. The van der Waals surface area contributed by atoms with E-state index in [1.165, 1.54) is 24.1 Å². The third-order valence-electron chi connectivity index (χ3n) is 4.17. The lowest BCUT2D eigenvalue weighted by Crippen LogP contribution is -2.30. The fraction of sp³-hybridized carbons (Fsp3) is 0.0952. The quantitative estimate of drug-likeness (QED) is 0.641. The van der Waals surface area contributed by atoms with Crippen molar-refractivity contribution in [2.24, 2.45) is 0 Å². The Labute approximate surface area is 166 Å². The Morgan fingerprint density at radius 3 is 2.59 bits per heavy atom. The predicted molar refractivity (Wildman–Crippen MR) is 108 cm³/mol. The van der Waals surface area contributed by atoms with E-state index in [0.717, 1.165) is 11.6 Å². The number of pyridine rings is 1. The van der Waals surface area contributed by atoms with E-state index in [0.29, 0.717) is 11.3 Å². The fourth-order valence-electron chi connectivity index (χ4n) is 2.66. The number of anilines is 3. The van der Waals surface area contributed by atoms with Gasteiger partial charge < -0.3 is 15.8 Å². The van der Waals surface area contributed by atoms with Crippen molar-refractivity contribution in [2.75, 3.05) is 23.1 Å². The second-order valence-electron chi connectivity index (χ2n) is 6.15. The van der Waals surface area contributed by atoms with Crippen LogP contribution in [0.2, 0.25) is 0 Å². The molecule has 0 saturated carbocycles. The van der Waals surface area contributed by atoms with Gasteiger partial charge in [0.05, 0.1) is 36.9 Å². The number of methoxy groups -OCH3 is 1. The molecule has 3 aromatic rings. The van der Waals surface area contributed by atoms with Gasteiger partial charge in [-0.2, -0.15) is 0 Å². The van der Waals surface area contributed by atoms with Crippen LogP contribution in [0.3, 0.4) is 0 Å². The number of nitrogen functional groups attached to an aromatic ring is 1. The minimum Gasteiger partial charge on any atom is -0.452 e. The molecule has 7 nitrogen and oxygen atoms in total. The average Bonchev–Trinajstić information content (AvgIpc) is 2.75. The molecule has 2 amide bonds. The summed E-state index contributed by atoms with van der Waals surface area (Å²) in [6.45, 7) is 0.233. The van der Waals surface area contributed by atoms with Gasteiger partial charge in [0.2, 0.25) is 0 Å². The Bertz CT molecular complexity index is 1010. The van der Waals surface area contributed by atoms with Crippen LogP contribution in [-0.2, 0) is 11.3 Å². The largest absolute Gasteiger partial charge is 0.452 e. The highest BCUT2D eigenvalue weighted by molar-refractivity contribution is 6.05. The Hall–Kier alpha value is -3.94. The van der Waals surface area contributed by atoms with E-state index in [1.807, 2.05) is 0 Å². The number of amides is 2. The van der Waals surface area contributed by atoms with Crippen LogP contribution in [0, 0.1) is 5.82 Å². The third kappa shape index (κ3) is 4.86. The monoisotopic (exact) mass is 394 g/mol. The Morgan fingerprint density at radius 2 is 1.93 bits per heavy atom. The van der Waals surface area contributed by atoms with Crippen LogP contribution in [0.15, 0.2) is 67.0 Å². The van der Waals surface area contributed by atoms with Crippen molar-refractivity contribution in [1.29, 1.82) is 0 Å². The van der Waals surface area contributed by atoms with Gasteiger partial charge in [0.1, 0.15) is 5.82 Å². The summed E-state index contributed by atoms with van der Waals surface area (Å²) < 4.78 is 18.2. The average molecular weight is 394 g/mol. The molecule has 3 N–H and O–H groups in total. The van der Waals surface area contributed by atoms with Gasteiger partial charge in [-0.15, -0.1) is 0 Å². The highest BCUT2D eigenvalue weighted by Gasteiger charge is 2.17. The molecule has 8 heteroatoms. The van der Waals surface area contributed by atoms with Gasteiger partial charge in [-0.05, 0) is 48.0 Å². The molecule has 3 rings (SSSR count). The van der Waals surface area contributed by atoms with Crippen LogP contribution >= 0.6 is 0 Å². The number of nitrogens with one attached hydrogen (secondary N) is 1. The van der Waals surface area contributed by atoms with E-state index in [9.17, 15) is 14.0 Å². The van der Waals surface area contributed by atoms with Crippen molar-refractivity contribution in [3.8, 4) is 0 Å². The zero-order chi connectivity index (χ0) is 20.8. The maximum atomic E-state index is 13.4. The van der Waals surface area contributed by atoms with Crippen molar-refractivity contribution < 1.29 is 18.7 Å². The van der Waals surface area contributed by atoms with Crippen LogP contribution in [0.25, 0.3) is 0 Å². The molecular formula is C21H19FN4O3. The number of hydrogen-bond acceptors (Lipinski definition) is 5. The molecule has 0 aliphatic carbocycles. The van der Waals surface area contributed by atoms with E-state index < -0.39 is 17.8 Å². The van der Waals surface area contributed by atoms with E-state index >= 15 is 0 Å². The molecule has 0 bridgehead atoms. The molecule has 0 atom stereocenters. The molecule has 0 spiro atoms. The van der Waals surface area contributed by atoms with Crippen LogP contribution in [-0.4, -0.2) is 24.1 Å². The molecule has 0 unspecified atom stereocenters. The smallest absolute Gasteiger partial charge is 0.414 e. The van der Waals surface area contributed by atoms with E-state index in [2.05, 4.69) is 10.3 Å². The highest BCUT2D eigenvalue weighted by atomic mass is 19.1. The van der Waals surface area contributed by atoms with Gasteiger partial charge >= 0.3 is 6.09 Å². The number of carbonyl (C=O) groups is 2. The lowest BCUT2D eigenvalue weighted by molar-refractivity contribution is 0.102. The molecule has 1 aromatic heterocycles. The number of hydrogen-bond donors (Lipinski definition) is 2. The summed E-state index contributed by atoms with van der Waals surface area (Å²) in [5.41, 5.74) is 7.95. The zero-order valence-corrected chi connectivity index (χ0v) is 15.6. The number of ether oxygens (including phenoxy) is 1. The maximum absolute atomic E-state index is 13.4. The van der Waals surface area contributed by atoms with E-state index in [1.54, 1.807) is 48.8 Å². The van der Waals surface area contributed by atoms with Crippen molar-refractivity contribution >= 4 is 29.1 Å². The highest BCUT2D eigenvalue weighted by Crippen LogP contribution is 2.21. The van der Waals surface area contributed by atoms with Gasteiger partial charge in [0, 0.05) is 11.8 Å². The molecule has 1 heterocycles. The van der Waals surface area contributed by atoms with Crippen LogP contribution < -0.4 is 16.0 Å². The Morgan fingerprint density at radius 1 is 1.17 bits per heavy atom. The summed E-state index contributed by atoms with van der Waals surface area (Å²) >= 11 is 0. The third-order valence-corrected chi connectivity index (χ3v) is 4.17. The lowest BCUT2D eigenvalue weighted by atomic mass is 10.1. The first-order chi connectivity index (χ1) is 14.0. The van der Waals surface area contributed by atoms with E-state index in [-0.39, 0.29) is 17.9 Å². The topological polar surface area (TPSA) is 97.5 Å². The Balaban J connectivity index is 1.74. The fourth-order valence-corrected chi connectivity index (χ4v) is 2.66. The van der Waals surface area contributed by atoms with Gasteiger partial charge in [-0.1, -0.05) is 12.1 Å². The first kappa shape index (κ1) is 19.8. The number of halogens is 1. The predicted octanol–water partition coefficient (Wildman–Crippen LogP) is 3.83. The van der Waals surface area contributed by atoms with E-state index in [4.69, 9.17) is 10.5 Å². The standard InChI is InChI=1S/C21H19FN4O3/c1-29-21(28)26(17-3-2-10-24-12-17)13-14-4-6-15(7-5-14)20(27)25-19-11-16(22)8-9-18(19)23/h2-12H,13,23H2,1H3,(H,25,27). The molecule has 2 aromatic carbocycles. The molecular weight excluding hydrogens is 375 g/mol. The van der Waals surface area contributed by atoms with Crippen molar-refractivity contribution in [2.45, 2.75) is 6.54 Å². The summed E-state index contributed by atoms with van der Waals surface area (Å²) in [5.74, 6) is -0.922. The summed E-state index contributed by atoms with van der Waals surface area (Å²) in [6.07, 6.45) is 2.64. The number of aromatic nitrogens is 1. The minimum atomic E-state index is -0.526. The van der Waals surface area contributed by atoms with Gasteiger partial charge in [0.15, 0.2) is 0 Å². The van der Waals surface area contributed by atoms with Crippen LogP contribution in [0.1, 0.15) is 15.9 Å². The summed E-state index contributed by atoms with van der Waals surface area (Å²) in [4.78, 5) is 30.0. The SMILES string of the molecule is COC(=O)N(Cc1ccc(C(=O)Nc2cc(F)ccc2N)cc1)c1cccnc1. The molecule has 0 saturated heterocycles. The summed E-state index contributed by atoms with van der Waals surface area (Å²) in [6, 6.07) is 13.9. The number of carbonyl (C=O) groups excluding carboxylic acids is 2. The first-order valence-electron chi connectivity index (χ1n) is 8.69. The molecule has 0 radical (unpaired) electrons. The van der Waals surface area contributed by atoms with Crippen molar-refractivity contribution in [3.05, 3.63) is 83.9 Å². The summed E-state index contributed by atoms with van der Waals surface area (Å²) in [7, 11) is 1.30. The van der Waals surface area contributed by atoms with Gasteiger partial charge in [-0.25, -0.2) is 9.18 Å². The minimum absolute atomic E-state index is 0.201. The zero-order valence-electron chi connectivity index (χ0n) is 15.6. The lowest BCUT2D eigenvalue weighted by Gasteiger charge is -2.21. The van der Waals surface area contributed by atoms with Gasteiger partial charge in [-0.3, -0.25) is 14.7 Å². The molecule has 0 aliphatic heterocycles. The summed E-state index contributed by atoms with van der Waals surface area (Å²) in [5, 5.41) is 2.58.